The van der Waals surface area contributed by atoms with E-state index in [1.165, 1.54) is 5.56 Å². The van der Waals surface area contributed by atoms with Crippen LogP contribution in [0.2, 0.25) is 0 Å². The number of aromatic nitrogens is 2. The zero-order valence-electron chi connectivity index (χ0n) is 13.7. The maximum atomic E-state index is 12.4. The van der Waals surface area contributed by atoms with Crippen LogP contribution in [0.25, 0.3) is 11.0 Å². The molecule has 1 fully saturated rings. The lowest BCUT2D eigenvalue weighted by Crippen LogP contribution is -2.24. The van der Waals surface area contributed by atoms with E-state index in [0.717, 1.165) is 28.3 Å². The maximum absolute atomic E-state index is 12.4. The summed E-state index contributed by atoms with van der Waals surface area (Å²) in [4.78, 5) is 22.3. The number of fused-ring (bicyclic) bond motifs is 1. The summed E-state index contributed by atoms with van der Waals surface area (Å²) in [5, 5.41) is 0. The molecule has 1 aromatic heterocycles. The molecule has 1 saturated heterocycles. The number of carbonyl (C=O) groups is 1. The van der Waals surface area contributed by atoms with Crippen molar-refractivity contribution in [2.75, 3.05) is 18.6 Å². The average Bonchev–Trinajstić information content (AvgIpc) is 3.18. The third kappa shape index (κ3) is 2.52. The summed E-state index contributed by atoms with van der Waals surface area (Å²) in [6, 6.07) is 13.7. The number of aromatic amines is 1. The van der Waals surface area contributed by atoms with Crippen molar-refractivity contribution in [1.82, 2.24) is 9.97 Å². The Kier molecular flexibility index (Phi) is 3.49. The first-order valence-corrected chi connectivity index (χ1v) is 8.05. The molecule has 2 aromatic carbocycles. The summed E-state index contributed by atoms with van der Waals surface area (Å²) in [5.41, 5.74) is 4.07. The standard InChI is InChI=1S/C19H19N3O2/c1-12-3-8-16-17(9-12)21-19(20-16)13-10-18(23)22(11-13)14-4-6-15(24-2)7-5-14/h3-9,13H,10-11H2,1-2H3,(H,20,21)/t13-/m1/s1. The monoisotopic (exact) mass is 321 g/mol. The summed E-state index contributed by atoms with van der Waals surface area (Å²) in [7, 11) is 1.63. The molecule has 122 valence electrons. The van der Waals surface area contributed by atoms with Crippen LogP contribution in [0, 0.1) is 6.92 Å². The van der Waals surface area contributed by atoms with Crippen LogP contribution in [0.5, 0.6) is 5.75 Å². The lowest BCUT2D eigenvalue weighted by molar-refractivity contribution is -0.117. The SMILES string of the molecule is COc1ccc(N2C[C@H](c3nc4ccc(C)cc4[nH]3)CC2=O)cc1. The largest absolute Gasteiger partial charge is 0.497 e. The van der Waals surface area contributed by atoms with Gasteiger partial charge < -0.3 is 14.6 Å². The Morgan fingerprint density at radius 1 is 1.21 bits per heavy atom. The number of nitrogens with zero attached hydrogens (tertiary/aromatic N) is 2. The van der Waals surface area contributed by atoms with Crippen LogP contribution in [0.15, 0.2) is 42.5 Å². The van der Waals surface area contributed by atoms with Gasteiger partial charge in [-0.2, -0.15) is 0 Å². The second-order valence-electron chi connectivity index (χ2n) is 6.25. The molecule has 1 amide bonds. The van der Waals surface area contributed by atoms with Crippen molar-refractivity contribution in [2.24, 2.45) is 0 Å². The molecule has 1 N–H and O–H groups in total. The van der Waals surface area contributed by atoms with E-state index in [1.54, 1.807) is 7.11 Å². The number of benzene rings is 2. The van der Waals surface area contributed by atoms with Gasteiger partial charge in [0.1, 0.15) is 11.6 Å². The Hall–Kier alpha value is -2.82. The number of anilines is 1. The molecule has 0 saturated carbocycles. The molecule has 2 heterocycles. The zero-order valence-corrected chi connectivity index (χ0v) is 13.7. The van der Waals surface area contributed by atoms with Gasteiger partial charge in [0.2, 0.25) is 5.91 Å². The molecular formula is C19H19N3O2. The topological polar surface area (TPSA) is 58.2 Å². The predicted octanol–water partition coefficient (Wildman–Crippen LogP) is 3.40. The fourth-order valence-corrected chi connectivity index (χ4v) is 3.24. The van der Waals surface area contributed by atoms with Crippen LogP contribution < -0.4 is 9.64 Å². The predicted molar refractivity (Wildman–Crippen MR) is 93.5 cm³/mol. The number of hydrogen-bond acceptors (Lipinski definition) is 3. The summed E-state index contributed by atoms with van der Waals surface area (Å²) >= 11 is 0. The fraction of sp³-hybridized carbons (Fsp3) is 0.263. The zero-order chi connectivity index (χ0) is 16.7. The number of carbonyl (C=O) groups excluding carboxylic acids is 1. The van der Waals surface area contributed by atoms with E-state index in [2.05, 4.69) is 29.0 Å². The van der Waals surface area contributed by atoms with Gasteiger partial charge in [0.15, 0.2) is 0 Å². The molecule has 1 atom stereocenters. The highest BCUT2D eigenvalue weighted by molar-refractivity contribution is 5.96. The number of imidazole rings is 1. The molecular weight excluding hydrogens is 302 g/mol. The minimum absolute atomic E-state index is 0.0901. The summed E-state index contributed by atoms with van der Waals surface area (Å²) in [6.07, 6.45) is 0.477. The van der Waals surface area contributed by atoms with Crippen molar-refractivity contribution in [3.8, 4) is 5.75 Å². The van der Waals surface area contributed by atoms with Gasteiger partial charge in [-0.25, -0.2) is 4.98 Å². The maximum Gasteiger partial charge on any atom is 0.227 e. The smallest absolute Gasteiger partial charge is 0.227 e. The highest BCUT2D eigenvalue weighted by Crippen LogP contribution is 2.32. The first kappa shape index (κ1) is 14.8. The fourth-order valence-electron chi connectivity index (χ4n) is 3.24. The first-order valence-electron chi connectivity index (χ1n) is 8.05. The average molecular weight is 321 g/mol. The third-order valence-corrected chi connectivity index (χ3v) is 4.55. The number of methoxy groups -OCH3 is 1. The van der Waals surface area contributed by atoms with Crippen molar-refractivity contribution >= 4 is 22.6 Å². The molecule has 3 aromatic rings. The molecule has 5 heteroatoms. The van der Waals surface area contributed by atoms with E-state index in [9.17, 15) is 4.79 Å². The van der Waals surface area contributed by atoms with Crippen molar-refractivity contribution in [3.05, 3.63) is 53.9 Å². The van der Waals surface area contributed by atoms with Crippen LogP contribution in [0.3, 0.4) is 0 Å². The van der Waals surface area contributed by atoms with Gasteiger partial charge in [-0.15, -0.1) is 0 Å². The Balaban J connectivity index is 1.60. The number of rotatable bonds is 3. The number of nitrogens with one attached hydrogen (secondary N) is 1. The van der Waals surface area contributed by atoms with Crippen LogP contribution in [0.1, 0.15) is 23.7 Å². The second-order valence-corrected chi connectivity index (χ2v) is 6.25. The highest BCUT2D eigenvalue weighted by atomic mass is 16.5. The van der Waals surface area contributed by atoms with E-state index in [0.29, 0.717) is 13.0 Å². The van der Waals surface area contributed by atoms with E-state index < -0.39 is 0 Å². The molecule has 0 unspecified atom stereocenters. The summed E-state index contributed by atoms with van der Waals surface area (Å²) in [5.74, 6) is 1.89. The molecule has 0 spiro atoms. The molecule has 1 aliphatic heterocycles. The Bertz CT molecular complexity index is 899. The van der Waals surface area contributed by atoms with E-state index >= 15 is 0 Å². The number of ether oxygens (including phenoxy) is 1. The molecule has 0 aliphatic carbocycles. The minimum atomic E-state index is 0.0901. The van der Waals surface area contributed by atoms with Crippen LogP contribution in [-0.4, -0.2) is 29.5 Å². The van der Waals surface area contributed by atoms with Gasteiger partial charge in [0, 0.05) is 24.6 Å². The van der Waals surface area contributed by atoms with Gasteiger partial charge >= 0.3 is 0 Å². The normalized spacial score (nSPS) is 17.7. The minimum Gasteiger partial charge on any atom is -0.497 e. The number of H-pyrrole nitrogens is 1. The van der Waals surface area contributed by atoms with Crippen molar-refractivity contribution in [1.29, 1.82) is 0 Å². The first-order chi connectivity index (χ1) is 11.6. The molecule has 1 aliphatic rings. The molecule has 24 heavy (non-hydrogen) atoms. The van der Waals surface area contributed by atoms with Gasteiger partial charge in [0.25, 0.3) is 0 Å². The van der Waals surface area contributed by atoms with E-state index in [1.807, 2.05) is 35.2 Å². The van der Waals surface area contributed by atoms with Gasteiger partial charge in [0.05, 0.1) is 18.1 Å². The molecule has 5 nitrogen and oxygen atoms in total. The quantitative estimate of drug-likeness (QED) is 0.804. The van der Waals surface area contributed by atoms with E-state index in [-0.39, 0.29) is 11.8 Å². The lowest BCUT2D eigenvalue weighted by atomic mass is 10.1. The number of amides is 1. The van der Waals surface area contributed by atoms with Crippen LogP contribution in [0.4, 0.5) is 5.69 Å². The number of aryl methyl sites for hydroxylation is 1. The summed E-state index contributed by atoms with van der Waals surface area (Å²) in [6.45, 7) is 2.70. The molecule has 4 rings (SSSR count). The van der Waals surface area contributed by atoms with E-state index in [4.69, 9.17) is 4.74 Å². The van der Waals surface area contributed by atoms with Crippen LogP contribution >= 0.6 is 0 Å². The van der Waals surface area contributed by atoms with Gasteiger partial charge in [-0.05, 0) is 48.9 Å². The second kappa shape index (κ2) is 5.67. The van der Waals surface area contributed by atoms with Crippen molar-refractivity contribution in [3.63, 3.8) is 0 Å². The van der Waals surface area contributed by atoms with Crippen LogP contribution in [-0.2, 0) is 4.79 Å². The van der Waals surface area contributed by atoms with Crippen molar-refractivity contribution < 1.29 is 9.53 Å². The Morgan fingerprint density at radius 3 is 2.75 bits per heavy atom. The van der Waals surface area contributed by atoms with Gasteiger partial charge in [-0.3, -0.25) is 4.79 Å². The molecule has 0 bridgehead atoms. The van der Waals surface area contributed by atoms with Gasteiger partial charge in [-0.1, -0.05) is 6.07 Å². The summed E-state index contributed by atoms with van der Waals surface area (Å²) < 4.78 is 5.17. The third-order valence-electron chi connectivity index (χ3n) is 4.55. The van der Waals surface area contributed by atoms with Crippen molar-refractivity contribution in [2.45, 2.75) is 19.3 Å². The lowest BCUT2D eigenvalue weighted by Gasteiger charge is -2.16. The Morgan fingerprint density at radius 2 is 2.00 bits per heavy atom. The molecule has 0 radical (unpaired) electrons. The highest BCUT2D eigenvalue weighted by Gasteiger charge is 2.33. The Labute approximate surface area is 140 Å². The number of hydrogen-bond donors (Lipinski definition) is 1.